The number of nitrogens with one attached hydrogen (secondary N) is 1. The van der Waals surface area contributed by atoms with Gasteiger partial charge >= 0.3 is 0 Å². The molecule has 0 fully saturated rings. The molecule has 0 bridgehead atoms. The summed E-state index contributed by atoms with van der Waals surface area (Å²) in [5, 5.41) is 7.39. The summed E-state index contributed by atoms with van der Waals surface area (Å²) < 4.78 is 1.51. The number of rotatable bonds is 3. The second kappa shape index (κ2) is 5.10. The fraction of sp³-hybridized carbons (Fsp3) is 0.167. The van der Waals surface area contributed by atoms with Gasteiger partial charge in [0.2, 0.25) is 5.91 Å². The lowest BCUT2D eigenvalue weighted by atomic mass is 10.3. The molecule has 94 valence electrons. The Morgan fingerprint density at radius 2 is 2.11 bits per heavy atom. The second-order valence-corrected chi connectivity index (χ2v) is 4.39. The highest BCUT2D eigenvalue weighted by atomic mass is 35.5. The summed E-state index contributed by atoms with van der Waals surface area (Å²) in [6.45, 7) is 1.97. The van der Waals surface area contributed by atoms with E-state index in [2.05, 4.69) is 10.4 Å². The molecule has 18 heavy (non-hydrogen) atoms. The van der Waals surface area contributed by atoms with E-state index in [-0.39, 0.29) is 12.5 Å². The summed E-state index contributed by atoms with van der Waals surface area (Å²) >= 11 is 5.76. The van der Waals surface area contributed by atoms with E-state index in [1.807, 2.05) is 6.92 Å². The molecule has 0 radical (unpaired) electrons. The van der Waals surface area contributed by atoms with Crippen LogP contribution < -0.4 is 11.1 Å². The van der Waals surface area contributed by atoms with E-state index in [0.29, 0.717) is 16.5 Å². The number of benzene rings is 1. The Morgan fingerprint density at radius 1 is 1.44 bits per heavy atom. The maximum absolute atomic E-state index is 11.7. The summed E-state index contributed by atoms with van der Waals surface area (Å²) in [4.78, 5) is 11.7. The lowest BCUT2D eigenvalue weighted by Crippen LogP contribution is -2.19. The number of carbonyl (C=O) groups excluding carboxylic acids is 1. The molecule has 3 N–H and O–H groups in total. The summed E-state index contributed by atoms with van der Waals surface area (Å²) in [5.74, 6) is 0.272. The molecular weight excluding hydrogens is 252 g/mol. The van der Waals surface area contributed by atoms with Gasteiger partial charge in [0.1, 0.15) is 12.4 Å². The molecule has 0 atom stereocenters. The number of carbonyl (C=O) groups is 1. The van der Waals surface area contributed by atoms with E-state index in [1.165, 1.54) is 4.68 Å². The zero-order valence-corrected chi connectivity index (χ0v) is 10.6. The van der Waals surface area contributed by atoms with Crippen molar-refractivity contribution < 1.29 is 4.79 Å². The molecule has 6 heteroatoms. The van der Waals surface area contributed by atoms with Crippen molar-refractivity contribution in [2.75, 3.05) is 11.1 Å². The largest absolute Gasteiger partial charge is 0.382 e. The minimum absolute atomic E-state index is 0.126. The van der Waals surface area contributed by atoms with Crippen molar-refractivity contribution in [2.24, 2.45) is 0 Å². The number of hydrogen-bond donors (Lipinski definition) is 2. The van der Waals surface area contributed by atoms with Crippen LogP contribution in [-0.4, -0.2) is 15.7 Å². The molecule has 0 saturated heterocycles. The van der Waals surface area contributed by atoms with Crippen molar-refractivity contribution in [3.05, 3.63) is 41.0 Å². The Hall–Kier alpha value is -2.01. The van der Waals surface area contributed by atoms with Crippen LogP contribution in [0, 0.1) is 6.92 Å². The first-order valence-corrected chi connectivity index (χ1v) is 5.77. The van der Waals surface area contributed by atoms with Crippen LogP contribution in [0.5, 0.6) is 0 Å². The molecule has 0 aliphatic heterocycles. The highest BCUT2D eigenvalue weighted by Gasteiger charge is 2.06. The SMILES string of the molecule is Cc1cn(CC(=O)Nc2ccc(Cl)cc2)nc1N. The van der Waals surface area contributed by atoms with E-state index >= 15 is 0 Å². The van der Waals surface area contributed by atoms with Gasteiger partial charge in [-0.25, -0.2) is 0 Å². The first-order chi connectivity index (χ1) is 8.54. The number of amides is 1. The maximum atomic E-state index is 11.7. The van der Waals surface area contributed by atoms with Crippen LogP contribution in [0.4, 0.5) is 11.5 Å². The molecular formula is C12H13ClN4O. The van der Waals surface area contributed by atoms with Crippen LogP contribution in [0.2, 0.25) is 5.02 Å². The van der Waals surface area contributed by atoms with Gasteiger partial charge in [-0.2, -0.15) is 5.10 Å². The van der Waals surface area contributed by atoms with Gasteiger partial charge in [-0.15, -0.1) is 0 Å². The van der Waals surface area contributed by atoms with E-state index in [9.17, 15) is 4.79 Å². The van der Waals surface area contributed by atoms with E-state index in [1.54, 1.807) is 30.5 Å². The number of hydrogen-bond acceptors (Lipinski definition) is 3. The number of aromatic nitrogens is 2. The van der Waals surface area contributed by atoms with Crippen LogP contribution in [0.25, 0.3) is 0 Å². The molecule has 5 nitrogen and oxygen atoms in total. The third-order valence-electron chi connectivity index (χ3n) is 2.42. The average molecular weight is 265 g/mol. The van der Waals surface area contributed by atoms with Crippen molar-refractivity contribution >= 4 is 29.0 Å². The van der Waals surface area contributed by atoms with Gasteiger partial charge in [-0.3, -0.25) is 9.48 Å². The van der Waals surface area contributed by atoms with Gasteiger partial charge < -0.3 is 11.1 Å². The minimum Gasteiger partial charge on any atom is -0.382 e. The van der Waals surface area contributed by atoms with Gasteiger partial charge in [-0.05, 0) is 31.2 Å². The highest BCUT2D eigenvalue weighted by molar-refractivity contribution is 6.30. The average Bonchev–Trinajstić information content (AvgIpc) is 2.61. The summed E-state index contributed by atoms with van der Waals surface area (Å²) in [5.41, 5.74) is 7.16. The Balaban J connectivity index is 1.98. The predicted octanol–water partition coefficient (Wildman–Crippen LogP) is 2.07. The molecule has 0 aliphatic carbocycles. The molecule has 2 aromatic rings. The van der Waals surface area contributed by atoms with Gasteiger partial charge in [0.15, 0.2) is 0 Å². The van der Waals surface area contributed by atoms with Crippen molar-refractivity contribution in [1.82, 2.24) is 9.78 Å². The Bertz CT molecular complexity index is 542. The smallest absolute Gasteiger partial charge is 0.246 e. The molecule has 1 aromatic carbocycles. The van der Waals surface area contributed by atoms with Gasteiger partial charge in [-0.1, -0.05) is 11.6 Å². The lowest BCUT2D eigenvalue weighted by molar-refractivity contribution is -0.116. The third-order valence-corrected chi connectivity index (χ3v) is 2.67. The first-order valence-electron chi connectivity index (χ1n) is 5.39. The summed E-state index contributed by atoms with van der Waals surface area (Å²) in [7, 11) is 0. The highest BCUT2D eigenvalue weighted by Crippen LogP contribution is 2.13. The number of nitrogens with zero attached hydrogens (tertiary/aromatic N) is 2. The Morgan fingerprint density at radius 3 is 2.67 bits per heavy atom. The van der Waals surface area contributed by atoms with Crippen LogP contribution in [-0.2, 0) is 11.3 Å². The topological polar surface area (TPSA) is 72.9 Å². The molecule has 0 saturated carbocycles. The standard InChI is InChI=1S/C12H13ClN4O/c1-8-6-17(16-12(8)14)7-11(18)15-10-4-2-9(13)3-5-10/h2-6H,7H2,1H3,(H2,14,16)(H,15,18). The maximum Gasteiger partial charge on any atom is 0.246 e. The van der Waals surface area contributed by atoms with Crippen LogP contribution in [0.1, 0.15) is 5.56 Å². The monoisotopic (exact) mass is 264 g/mol. The van der Waals surface area contributed by atoms with Gasteiger partial charge in [0, 0.05) is 22.5 Å². The minimum atomic E-state index is -0.167. The van der Waals surface area contributed by atoms with Gasteiger partial charge in [0.05, 0.1) is 0 Å². The number of nitrogen functional groups attached to an aromatic ring is 1. The van der Waals surface area contributed by atoms with Crippen molar-refractivity contribution in [2.45, 2.75) is 13.5 Å². The summed E-state index contributed by atoms with van der Waals surface area (Å²) in [6.07, 6.45) is 1.73. The van der Waals surface area contributed by atoms with Crippen molar-refractivity contribution in [1.29, 1.82) is 0 Å². The fourth-order valence-corrected chi connectivity index (χ4v) is 1.62. The zero-order valence-electron chi connectivity index (χ0n) is 9.85. The first kappa shape index (κ1) is 12.4. The molecule has 0 aliphatic rings. The van der Waals surface area contributed by atoms with Crippen molar-refractivity contribution in [3.63, 3.8) is 0 Å². The van der Waals surface area contributed by atoms with Crippen LogP contribution >= 0.6 is 11.6 Å². The number of aryl methyl sites for hydroxylation is 1. The normalized spacial score (nSPS) is 10.3. The summed E-state index contributed by atoms with van der Waals surface area (Å²) in [6, 6.07) is 6.91. The molecule has 1 aromatic heterocycles. The zero-order chi connectivity index (χ0) is 13.1. The van der Waals surface area contributed by atoms with E-state index in [0.717, 1.165) is 5.56 Å². The number of anilines is 2. The Kier molecular flexibility index (Phi) is 3.53. The van der Waals surface area contributed by atoms with Crippen LogP contribution in [0.3, 0.4) is 0 Å². The molecule has 0 unspecified atom stereocenters. The third kappa shape index (κ3) is 3.01. The molecule has 2 rings (SSSR count). The number of nitrogens with two attached hydrogens (primary N) is 1. The number of halogens is 1. The lowest BCUT2D eigenvalue weighted by Gasteiger charge is -2.05. The fourth-order valence-electron chi connectivity index (χ4n) is 1.50. The van der Waals surface area contributed by atoms with Crippen molar-refractivity contribution in [3.8, 4) is 0 Å². The van der Waals surface area contributed by atoms with E-state index < -0.39 is 0 Å². The molecule has 1 heterocycles. The molecule has 0 spiro atoms. The van der Waals surface area contributed by atoms with Gasteiger partial charge in [0.25, 0.3) is 0 Å². The second-order valence-electron chi connectivity index (χ2n) is 3.95. The quantitative estimate of drug-likeness (QED) is 0.891. The van der Waals surface area contributed by atoms with Crippen LogP contribution in [0.15, 0.2) is 30.5 Å². The molecule has 1 amide bonds. The van der Waals surface area contributed by atoms with E-state index in [4.69, 9.17) is 17.3 Å². The predicted molar refractivity (Wildman–Crippen MR) is 71.5 cm³/mol. The Labute approximate surface area is 110 Å².